The molecule has 0 unspecified atom stereocenters. The Kier molecular flexibility index (Phi) is 8.19. The van der Waals surface area contributed by atoms with Crippen LogP contribution < -0.4 is 16.0 Å². The van der Waals surface area contributed by atoms with Crippen LogP contribution in [-0.2, 0) is 11.3 Å². The molecule has 8 heteroatoms. The second kappa shape index (κ2) is 10.6. The van der Waals surface area contributed by atoms with Crippen LogP contribution in [0.3, 0.4) is 0 Å². The molecule has 0 aliphatic rings. The summed E-state index contributed by atoms with van der Waals surface area (Å²) in [7, 11) is 0. The van der Waals surface area contributed by atoms with Crippen molar-refractivity contribution in [2.24, 2.45) is 4.99 Å². The lowest BCUT2D eigenvalue weighted by atomic mass is 10.2. The molecule has 1 amide bonds. The number of carbonyl (C=O) groups excluding carboxylic acids is 1. The molecule has 0 aliphatic carbocycles. The molecule has 28 heavy (non-hydrogen) atoms. The van der Waals surface area contributed by atoms with Gasteiger partial charge < -0.3 is 16.0 Å². The first-order valence-corrected chi connectivity index (χ1v) is 9.29. The van der Waals surface area contributed by atoms with Gasteiger partial charge in [0.1, 0.15) is 11.6 Å². The van der Waals surface area contributed by atoms with E-state index in [0.717, 1.165) is 23.8 Å². The molecular weight excluding hydrogens is 386 g/mol. The van der Waals surface area contributed by atoms with Crippen molar-refractivity contribution in [2.75, 3.05) is 18.4 Å². The van der Waals surface area contributed by atoms with Crippen molar-refractivity contribution in [3.8, 4) is 0 Å². The number of nitrogens with one attached hydrogen (secondary N) is 3. The van der Waals surface area contributed by atoms with Crippen molar-refractivity contribution >= 4 is 29.2 Å². The van der Waals surface area contributed by atoms with Gasteiger partial charge in [-0.25, -0.2) is 13.8 Å². The first-order chi connectivity index (χ1) is 13.4. The van der Waals surface area contributed by atoms with Gasteiger partial charge in [0.15, 0.2) is 5.96 Å². The SMILES string of the molecule is CCNC(=NCc1cc(F)ccc1F)NCCC(=O)Nc1ccc(C)cc1Cl. The van der Waals surface area contributed by atoms with Gasteiger partial charge in [0.25, 0.3) is 0 Å². The van der Waals surface area contributed by atoms with E-state index in [2.05, 4.69) is 20.9 Å². The normalized spacial score (nSPS) is 11.2. The summed E-state index contributed by atoms with van der Waals surface area (Å²) in [5.41, 5.74) is 1.72. The lowest BCUT2D eigenvalue weighted by Gasteiger charge is -2.12. The molecule has 0 bridgehead atoms. The van der Waals surface area contributed by atoms with Gasteiger partial charge in [0.05, 0.1) is 17.3 Å². The number of aryl methyl sites for hydroxylation is 1. The van der Waals surface area contributed by atoms with E-state index in [4.69, 9.17) is 11.6 Å². The average molecular weight is 409 g/mol. The van der Waals surface area contributed by atoms with Crippen LogP contribution in [0.15, 0.2) is 41.4 Å². The molecule has 0 spiro atoms. The summed E-state index contributed by atoms with van der Waals surface area (Å²) in [5.74, 6) is -0.830. The zero-order chi connectivity index (χ0) is 20.5. The summed E-state index contributed by atoms with van der Waals surface area (Å²) in [6.45, 7) is 4.67. The molecule has 5 nitrogen and oxygen atoms in total. The number of aliphatic imine (C=N–C) groups is 1. The van der Waals surface area contributed by atoms with Gasteiger partial charge in [-0.05, 0) is 49.7 Å². The predicted octanol–water partition coefficient (Wildman–Crippen LogP) is 4.01. The van der Waals surface area contributed by atoms with Gasteiger partial charge in [-0.3, -0.25) is 4.79 Å². The van der Waals surface area contributed by atoms with E-state index in [1.54, 1.807) is 12.1 Å². The van der Waals surface area contributed by atoms with E-state index in [0.29, 0.717) is 29.8 Å². The van der Waals surface area contributed by atoms with Crippen molar-refractivity contribution in [1.82, 2.24) is 10.6 Å². The van der Waals surface area contributed by atoms with E-state index >= 15 is 0 Å². The zero-order valence-electron chi connectivity index (χ0n) is 15.8. The number of hydrogen-bond donors (Lipinski definition) is 3. The van der Waals surface area contributed by atoms with E-state index in [1.807, 2.05) is 19.9 Å². The van der Waals surface area contributed by atoms with Crippen LogP contribution in [0.25, 0.3) is 0 Å². The van der Waals surface area contributed by atoms with Gasteiger partial charge in [0.2, 0.25) is 5.91 Å². The van der Waals surface area contributed by atoms with Crippen LogP contribution in [0.2, 0.25) is 5.02 Å². The van der Waals surface area contributed by atoms with E-state index in [9.17, 15) is 13.6 Å². The number of benzene rings is 2. The monoisotopic (exact) mass is 408 g/mol. The van der Waals surface area contributed by atoms with Crippen LogP contribution in [0.1, 0.15) is 24.5 Å². The molecule has 0 atom stereocenters. The number of rotatable bonds is 7. The van der Waals surface area contributed by atoms with E-state index in [1.165, 1.54) is 0 Å². The standard InChI is InChI=1S/C20H23ClF2N4O/c1-3-24-20(26-12-14-11-15(22)5-6-17(14)23)25-9-8-19(28)27-18-7-4-13(2)10-16(18)21/h4-7,10-11H,3,8-9,12H2,1-2H3,(H,27,28)(H2,24,25,26). The third-order valence-electron chi connectivity index (χ3n) is 3.80. The third-order valence-corrected chi connectivity index (χ3v) is 4.12. The molecule has 0 aromatic heterocycles. The summed E-state index contributed by atoms with van der Waals surface area (Å²) in [5, 5.41) is 9.22. The van der Waals surface area contributed by atoms with Gasteiger partial charge in [-0.1, -0.05) is 17.7 Å². The summed E-state index contributed by atoms with van der Waals surface area (Å²) in [6.07, 6.45) is 0.183. The molecule has 0 heterocycles. The Morgan fingerprint density at radius 2 is 1.93 bits per heavy atom. The maximum Gasteiger partial charge on any atom is 0.226 e. The number of carbonyl (C=O) groups is 1. The molecule has 0 aliphatic heterocycles. The Labute approximate surface area is 168 Å². The number of hydrogen-bond acceptors (Lipinski definition) is 2. The second-order valence-corrected chi connectivity index (χ2v) is 6.55. The molecule has 2 rings (SSSR count). The number of halogens is 3. The number of nitrogens with zero attached hydrogens (tertiary/aromatic N) is 1. The van der Waals surface area contributed by atoms with Crippen LogP contribution in [-0.4, -0.2) is 25.0 Å². The highest BCUT2D eigenvalue weighted by molar-refractivity contribution is 6.33. The Morgan fingerprint density at radius 3 is 2.64 bits per heavy atom. The van der Waals surface area contributed by atoms with Crippen molar-refractivity contribution in [1.29, 1.82) is 0 Å². The molecule has 0 fully saturated rings. The average Bonchev–Trinajstić information content (AvgIpc) is 2.64. The van der Waals surface area contributed by atoms with Crippen LogP contribution >= 0.6 is 11.6 Å². The summed E-state index contributed by atoms with van der Waals surface area (Å²) >= 11 is 6.11. The highest BCUT2D eigenvalue weighted by Gasteiger charge is 2.07. The smallest absolute Gasteiger partial charge is 0.226 e. The molecular formula is C20H23ClF2N4O. The van der Waals surface area contributed by atoms with Gasteiger partial charge in [-0.2, -0.15) is 0 Å². The molecule has 2 aromatic rings. The lowest BCUT2D eigenvalue weighted by Crippen LogP contribution is -2.38. The van der Waals surface area contributed by atoms with Gasteiger partial charge in [-0.15, -0.1) is 0 Å². The number of amides is 1. The first kappa shape index (κ1) is 21.6. The quantitative estimate of drug-likeness (QED) is 0.479. The van der Waals surface area contributed by atoms with E-state index < -0.39 is 11.6 Å². The highest BCUT2D eigenvalue weighted by Crippen LogP contribution is 2.22. The summed E-state index contributed by atoms with van der Waals surface area (Å²) < 4.78 is 26.9. The second-order valence-electron chi connectivity index (χ2n) is 6.14. The van der Waals surface area contributed by atoms with Gasteiger partial charge >= 0.3 is 0 Å². The fourth-order valence-corrected chi connectivity index (χ4v) is 2.68. The Hall–Kier alpha value is -2.67. The molecule has 0 saturated heterocycles. The molecule has 2 aromatic carbocycles. The maximum absolute atomic E-state index is 13.7. The van der Waals surface area contributed by atoms with Crippen molar-refractivity contribution in [3.63, 3.8) is 0 Å². The Balaban J connectivity index is 1.88. The van der Waals surface area contributed by atoms with Gasteiger partial charge in [0, 0.05) is 25.1 Å². The fourth-order valence-electron chi connectivity index (χ4n) is 2.40. The molecule has 150 valence electrons. The van der Waals surface area contributed by atoms with Crippen LogP contribution in [0, 0.1) is 18.6 Å². The Morgan fingerprint density at radius 1 is 1.14 bits per heavy atom. The summed E-state index contributed by atoms with van der Waals surface area (Å²) in [6, 6.07) is 8.63. The number of guanidine groups is 1. The Bertz CT molecular complexity index is 858. The van der Waals surface area contributed by atoms with Crippen LogP contribution in [0.5, 0.6) is 0 Å². The first-order valence-electron chi connectivity index (χ1n) is 8.91. The lowest BCUT2D eigenvalue weighted by molar-refractivity contribution is -0.116. The molecule has 0 radical (unpaired) electrons. The van der Waals surface area contributed by atoms with Crippen molar-refractivity contribution < 1.29 is 13.6 Å². The number of anilines is 1. The molecule has 3 N–H and O–H groups in total. The fraction of sp³-hybridized carbons (Fsp3) is 0.300. The third kappa shape index (κ3) is 6.81. The zero-order valence-corrected chi connectivity index (χ0v) is 16.5. The minimum Gasteiger partial charge on any atom is -0.357 e. The van der Waals surface area contributed by atoms with Crippen LogP contribution in [0.4, 0.5) is 14.5 Å². The maximum atomic E-state index is 13.7. The largest absolute Gasteiger partial charge is 0.357 e. The molecule has 0 saturated carbocycles. The highest BCUT2D eigenvalue weighted by atomic mass is 35.5. The summed E-state index contributed by atoms with van der Waals surface area (Å²) in [4.78, 5) is 16.3. The van der Waals surface area contributed by atoms with Crippen molar-refractivity contribution in [2.45, 2.75) is 26.8 Å². The minimum absolute atomic E-state index is 0.0237. The predicted molar refractivity (Wildman–Crippen MR) is 109 cm³/mol. The topological polar surface area (TPSA) is 65.5 Å². The minimum atomic E-state index is -0.518. The van der Waals surface area contributed by atoms with E-state index in [-0.39, 0.29) is 24.4 Å². The van der Waals surface area contributed by atoms with Crippen molar-refractivity contribution in [3.05, 3.63) is 64.2 Å².